The molecule has 1 aromatic carbocycles. The fourth-order valence-corrected chi connectivity index (χ4v) is 2.54. The van der Waals surface area contributed by atoms with E-state index < -0.39 is 0 Å². The fraction of sp³-hybridized carbons (Fsp3) is 0.533. The molecule has 0 spiro atoms. The van der Waals surface area contributed by atoms with E-state index in [4.69, 9.17) is 16.3 Å². The van der Waals surface area contributed by atoms with Gasteiger partial charge in [-0.15, -0.1) is 0 Å². The number of carbonyl (C=O) groups excluding carboxylic acids is 1. The van der Waals surface area contributed by atoms with E-state index in [0.29, 0.717) is 19.6 Å². The molecule has 1 aromatic rings. The molecule has 1 amide bonds. The van der Waals surface area contributed by atoms with Crippen molar-refractivity contribution in [3.05, 3.63) is 28.8 Å². The summed E-state index contributed by atoms with van der Waals surface area (Å²) in [4.78, 5) is 13.6. The molecule has 2 N–H and O–H groups in total. The topological polar surface area (TPSA) is 53.6 Å². The average molecular weight is 312 g/mol. The lowest BCUT2D eigenvalue weighted by atomic mass is 10.2. The first kappa shape index (κ1) is 16.1. The Bertz CT molecular complexity index is 482. The number of halogens is 1. The van der Waals surface area contributed by atoms with Crippen molar-refractivity contribution in [3.63, 3.8) is 0 Å². The van der Waals surface area contributed by atoms with Crippen molar-refractivity contribution in [2.24, 2.45) is 0 Å². The third kappa shape index (κ3) is 4.88. The zero-order chi connectivity index (χ0) is 15.1. The monoisotopic (exact) mass is 311 g/mol. The van der Waals surface area contributed by atoms with Crippen molar-refractivity contribution in [3.8, 4) is 0 Å². The molecule has 0 bridgehead atoms. The second kappa shape index (κ2) is 8.22. The molecule has 1 saturated heterocycles. The van der Waals surface area contributed by atoms with Crippen LogP contribution in [0.1, 0.15) is 12.0 Å². The molecule has 0 unspecified atom stereocenters. The minimum atomic E-state index is 0.113. The van der Waals surface area contributed by atoms with Gasteiger partial charge in [0.1, 0.15) is 0 Å². The van der Waals surface area contributed by atoms with Crippen molar-refractivity contribution in [2.75, 3.05) is 44.8 Å². The van der Waals surface area contributed by atoms with Crippen LogP contribution in [0.4, 0.5) is 5.69 Å². The van der Waals surface area contributed by atoms with Gasteiger partial charge in [-0.2, -0.15) is 0 Å². The SMILES string of the molecule is COCCNCc1ccc(N2CCNC(=O)CC2)cc1Cl. The maximum absolute atomic E-state index is 11.4. The number of anilines is 1. The zero-order valence-electron chi connectivity index (χ0n) is 12.3. The highest BCUT2D eigenvalue weighted by atomic mass is 35.5. The van der Waals surface area contributed by atoms with Gasteiger partial charge < -0.3 is 20.3 Å². The van der Waals surface area contributed by atoms with Crippen LogP contribution in [-0.2, 0) is 16.1 Å². The van der Waals surface area contributed by atoms with E-state index in [2.05, 4.69) is 21.6 Å². The van der Waals surface area contributed by atoms with Crippen LogP contribution in [0.15, 0.2) is 18.2 Å². The maximum atomic E-state index is 11.4. The number of nitrogens with zero attached hydrogens (tertiary/aromatic N) is 1. The van der Waals surface area contributed by atoms with E-state index in [-0.39, 0.29) is 5.91 Å². The highest BCUT2D eigenvalue weighted by Crippen LogP contribution is 2.24. The summed E-state index contributed by atoms with van der Waals surface area (Å²) in [6, 6.07) is 6.08. The molecule has 0 radical (unpaired) electrons. The minimum absolute atomic E-state index is 0.113. The standard InChI is InChI=1S/C15H22ClN3O2/c1-21-9-6-17-11-12-2-3-13(10-14(12)16)19-7-4-15(20)18-5-8-19/h2-3,10,17H,4-9,11H2,1H3,(H,18,20). The summed E-state index contributed by atoms with van der Waals surface area (Å²) < 4.78 is 4.99. The Morgan fingerprint density at radius 3 is 3.05 bits per heavy atom. The predicted octanol–water partition coefficient (Wildman–Crippen LogP) is 1.40. The molecule has 1 fully saturated rings. The van der Waals surface area contributed by atoms with Crippen molar-refractivity contribution >= 4 is 23.2 Å². The van der Waals surface area contributed by atoms with E-state index >= 15 is 0 Å². The van der Waals surface area contributed by atoms with Gasteiger partial charge in [-0.25, -0.2) is 0 Å². The van der Waals surface area contributed by atoms with Crippen LogP contribution in [0.25, 0.3) is 0 Å². The van der Waals surface area contributed by atoms with Crippen LogP contribution in [0.3, 0.4) is 0 Å². The van der Waals surface area contributed by atoms with E-state index in [1.165, 1.54) is 0 Å². The van der Waals surface area contributed by atoms with E-state index in [1.54, 1.807) is 7.11 Å². The summed E-state index contributed by atoms with van der Waals surface area (Å²) in [5.74, 6) is 0.113. The van der Waals surface area contributed by atoms with Gasteiger partial charge >= 0.3 is 0 Å². The van der Waals surface area contributed by atoms with Gasteiger partial charge in [0.15, 0.2) is 0 Å². The van der Waals surface area contributed by atoms with Gasteiger partial charge in [0.05, 0.1) is 6.61 Å². The van der Waals surface area contributed by atoms with Crippen LogP contribution in [-0.4, -0.2) is 45.8 Å². The van der Waals surface area contributed by atoms with E-state index in [0.717, 1.165) is 42.5 Å². The molecule has 1 aliphatic heterocycles. The molecule has 0 saturated carbocycles. The van der Waals surface area contributed by atoms with Crippen LogP contribution >= 0.6 is 11.6 Å². The van der Waals surface area contributed by atoms with E-state index in [9.17, 15) is 4.79 Å². The largest absolute Gasteiger partial charge is 0.383 e. The summed E-state index contributed by atoms with van der Waals surface area (Å²) in [6.07, 6.45) is 0.526. The first-order valence-electron chi connectivity index (χ1n) is 7.20. The molecule has 116 valence electrons. The Hall–Kier alpha value is -1.30. The molecular weight excluding hydrogens is 290 g/mol. The maximum Gasteiger partial charge on any atom is 0.221 e. The van der Waals surface area contributed by atoms with Crippen LogP contribution in [0, 0.1) is 0 Å². The lowest BCUT2D eigenvalue weighted by molar-refractivity contribution is -0.120. The van der Waals surface area contributed by atoms with Gasteiger partial charge in [0, 0.05) is 57.0 Å². The number of nitrogens with one attached hydrogen (secondary N) is 2. The summed E-state index contributed by atoms with van der Waals surface area (Å²) >= 11 is 6.35. The number of hydrogen-bond donors (Lipinski definition) is 2. The molecule has 5 nitrogen and oxygen atoms in total. The number of benzene rings is 1. The predicted molar refractivity (Wildman–Crippen MR) is 84.9 cm³/mol. The molecule has 1 aliphatic rings. The number of carbonyl (C=O) groups is 1. The Kier molecular flexibility index (Phi) is 6.29. The zero-order valence-corrected chi connectivity index (χ0v) is 13.1. The quantitative estimate of drug-likeness (QED) is 0.780. The highest BCUT2D eigenvalue weighted by Gasteiger charge is 2.14. The third-order valence-corrected chi connectivity index (χ3v) is 3.86. The molecule has 1 heterocycles. The molecular formula is C15H22ClN3O2. The summed E-state index contributed by atoms with van der Waals surface area (Å²) in [5.41, 5.74) is 2.14. The average Bonchev–Trinajstić information content (AvgIpc) is 2.70. The van der Waals surface area contributed by atoms with Crippen molar-refractivity contribution in [1.29, 1.82) is 0 Å². The molecule has 6 heteroatoms. The second-order valence-corrected chi connectivity index (χ2v) is 5.44. The Morgan fingerprint density at radius 2 is 2.29 bits per heavy atom. The summed E-state index contributed by atoms with van der Waals surface area (Å²) in [7, 11) is 1.68. The van der Waals surface area contributed by atoms with Gasteiger partial charge in [0.2, 0.25) is 5.91 Å². The molecule has 0 atom stereocenters. The number of ether oxygens (including phenoxy) is 1. The Morgan fingerprint density at radius 1 is 1.43 bits per heavy atom. The fourth-order valence-electron chi connectivity index (χ4n) is 2.30. The lowest BCUT2D eigenvalue weighted by Crippen LogP contribution is -2.28. The molecule has 21 heavy (non-hydrogen) atoms. The first-order chi connectivity index (χ1) is 10.2. The smallest absolute Gasteiger partial charge is 0.221 e. The minimum Gasteiger partial charge on any atom is -0.383 e. The molecule has 0 aliphatic carbocycles. The summed E-state index contributed by atoms with van der Waals surface area (Å²) in [6.45, 7) is 4.43. The molecule has 2 rings (SSSR count). The number of rotatable bonds is 6. The molecule has 0 aromatic heterocycles. The highest BCUT2D eigenvalue weighted by molar-refractivity contribution is 6.31. The van der Waals surface area contributed by atoms with E-state index in [1.807, 2.05) is 12.1 Å². The number of methoxy groups -OCH3 is 1. The number of hydrogen-bond acceptors (Lipinski definition) is 4. The van der Waals surface area contributed by atoms with Crippen LogP contribution in [0.5, 0.6) is 0 Å². The van der Waals surface area contributed by atoms with Crippen LogP contribution < -0.4 is 15.5 Å². The Labute approximate surface area is 130 Å². The normalized spacial score (nSPS) is 15.7. The van der Waals surface area contributed by atoms with Crippen molar-refractivity contribution in [2.45, 2.75) is 13.0 Å². The van der Waals surface area contributed by atoms with Gasteiger partial charge in [-0.1, -0.05) is 17.7 Å². The third-order valence-electron chi connectivity index (χ3n) is 3.51. The summed E-state index contributed by atoms with van der Waals surface area (Å²) in [5, 5.41) is 6.91. The first-order valence-corrected chi connectivity index (χ1v) is 7.58. The Balaban J connectivity index is 1.96. The van der Waals surface area contributed by atoms with Crippen LogP contribution in [0.2, 0.25) is 5.02 Å². The van der Waals surface area contributed by atoms with Gasteiger partial charge in [-0.05, 0) is 17.7 Å². The second-order valence-electron chi connectivity index (χ2n) is 5.03. The van der Waals surface area contributed by atoms with Crippen molar-refractivity contribution in [1.82, 2.24) is 10.6 Å². The van der Waals surface area contributed by atoms with Gasteiger partial charge in [0.25, 0.3) is 0 Å². The van der Waals surface area contributed by atoms with Crippen molar-refractivity contribution < 1.29 is 9.53 Å². The lowest BCUT2D eigenvalue weighted by Gasteiger charge is -2.22. The van der Waals surface area contributed by atoms with Gasteiger partial charge in [-0.3, -0.25) is 4.79 Å². The number of amides is 1.